The number of carbonyl (C=O) groups is 1. The first-order valence-electron chi connectivity index (χ1n) is 13.8. The molecule has 6 rings (SSSR count). The van der Waals surface area contributed by atoms with Crippen LogP contribution in [-0.4, -0.2) is 64.9 Å². The van der Waals surface area contributed by atoms with Crippen LogP contribution in [0.3, 0.4) is 0 Å². The van der Waals surface area contributed by atoms with Gasteiger partial charge in [0, 0.05) is 55.4 Å². The standard InChI is InChI=1S/C30H34FN7O/c1-37-15-17-38(18-16-37)24-13-11-23(12-14-24)34-30-35-28-26(29(36-30)33-22-5-3-2-4-6-22)25(19-32-28)27(39)20-7-9-21(31)10-8-20/h7-14,19,22H,2-6,15-18H2,1H3,(H3,32,33,34,35,36). The number of carbonyl (C=O) groups excluding carboxylic acids is 1. The number of nitrogens with zero attached hydrogens (tertiary/aromatic N) is 4. The molecule has 0 unspecified atom stereocenters. The number of H-pyrrole nitrogens is 1. The Kier molecular flexibility index (Phi) is 7.15. The second kappa shape index (κ2) is 11.0. The molecule has 0 spiro atoms. The smallest absolute Gasteiger partial charge is 0.231 e. The Balaban J connectivity index is 1.29. The number of likely N-dealkylation sites (N-methyl/N-ethyl adjacent to an activating group) is 1. The second-order valence-corrected chi connectivity index (χ2v) is 10.6. The molecule has 9 heteroatoms. The van der Waals surface area contributed by atoms with Gasteiger partial charge < -0.3 is 25.4 Å². The van der Waals surface area contributed by atoms with Crippen LogP contribution in [0.5, 0.6) is 0 Å². The minimum Gasteiger partial charge on any atom is -0.369 e. The summed E-state index contributed by atoms with van der Waals surface area (Å²) >= 11 is 0. The highest BCUT2D eigenvalue weighted by molar-refractivity contribution is 6.18. The van der Waals surface area contributed by atoms with Crippen LogP contribution in [0, 0.1) is 5.82 Å². The molecule has 3 N–H and O–H groups in total. The molecule has 1 aliphatic carbocycles. The molecule has 2 aromatic heterocycles. The van der Waals surface area contributed by atoms with E-state index >= 15 is 0 Å². The Hall–Kier alpha value is -3.98. The lowest BCUT2D eigenvalue weighted by Crippen LogP contribution is -2.44. The summed E-state index contributed by atoms with van der Waals surface area (Å²) in [6.07, 6.45) is 7.39. The fraction of sp³-hybridized carbons (Fsp3) is 0.367. The van der Waals surface area contributed by atoms with Gasteiger partial charge in [-0.25, -0.2) is 4.39 Å². The first kappa shape index (κ1) is 25.3. The van der Waals surface area contributed by atoms with Gasteiger partial charge in [-0.15, -0.1) is 0 Å². The minimum absolute atomic E-state index is 0.197. The molecular weight excluding hydrogens is 493 g/mol. The Labute approximate surface area is 227 Å². The molecule has 1 saturated heterocycles. The SMILES string of the molecule is CN1CCN(c2ccc(Nc3nc(NC4CCCCC4)c4c(C(=O)c5ccc(F)cc5)c[nH]c4n3)cc2)CC1. The summed E-state index contributed by atoms with van der Waals surface area (Å²) in [5, 5.41) is 7.62. The van der Waals surface area contributed by atoms with Crippen molar-refractivity contribution in [2.45, 2.75) is 38.1 Å². The fourth-order valence-electron chi connectivity index (χ4n) is 5.52. The van der Waals surface area contributed by atoms with Gasteiger partial charge in [-0.3, -0.25) is 4.79 Å². The van der Waals surface area contributed by atoms with E-state index < -0.39 is 0 Å². The maximum atomic E-state index is 13.5. The van der Waals surface area contributed by atoms with Crippen LogP contribution in [0.15, 0.2) is 54.7 Å². The van der Waals surface area contributed by atoms with Crippen LogP contribution in [-0.2, 0) is 0 Å². The highest BCUT2D eigenvalue weighted by Gasteiger charge is 2.23. The van der Waals surface area contributed by atoms with E-state index in [1.165, 1.54) is 49.2 Å². The van der Waals surface area contributed by atoms with E-state index in [0.29, 0.717) is 33.9 Å². The third-order valence-corrected chi connectivity index (χ3v) is 7.82. The van der Waals surface area contributed by atoms with E-state index in [2.05, 4.69) is 44.6 Å². The number of anilines is 4. The zero-order chi connectivity index (χ0) is 26.8. The first-order valence-corrected chi connectivity index (χ1v) is 13.8. The largest absolute Gasteiger partial charge is 0.369 e. The molecule has 0 radical (unpaired) electrons. The van der Waals surface area contributed by atoms with Gasteiger partial charge >= 0.3 is 0 Å². The molecule has 2 aromatic carbocycles. The molecule has 202 valence electrons. The van der Waals surface area contributed by atoms with Crippen molar-refractivity contribution in [3.05, 3.63) is 71.7 Å². The quantitative estimate of drug-likeness (QED) is 0.271. The number of piperazine rings is 1. The molecule has 0 atom stereocenters. The molecule has 8 nitrogen and oxygen atoms in total. The number of nitrogens with one attached hydrogen (secondary N) is 3. The van der Waals surface area contributed by atoms with E-state index in [1.807, 2.05) is 12.1 Å². The minimum atomic E-state index is -0.374. The monoisotopic (exact) mass is 527 g/mol. The summed E-state index contributed by atoms with van der Waals surface area (Å²) in [7, 11) is 2.16. The molecule has 3 heterocycles. The second-order valence-electron chi connectivity index (χ2n) is 10.6. The molecule has 4 aromatic rings. The highest BCUT2D eigenvalue weighted by Crippen LogP contribution is 2.31. The zero-order valence-corrected chi connectivity index (χ0v) is 22.2. The number of rotatable bonds is 7. The number of fused-ring (bicyclic) bond motifs is 1. The van der Waals surface area contributed by atoms with Gasteiger partial charge in [0.05, 0.1) is 10.9 Å². The Morgan fingerprint density at radius 3 is 2.38 bits per heavy atom. The van der Waals surface area contributed by atoms with Gasteiger partial charge in [0.15, 0.2) is 5.78 Å². The molecule has 39 heavy (non-hydrogen) atoms. The van der Waals surface area contributed by atoms with Crippen molar-refractivity contribution < 1.29 is 9.18 Å². The highest BCUT2D eigenvalue weighted by atomic mass is 19.1. The van der Waals surface area contributed by atoms with Crippen molar-refractivity contribution >= 4 is 40.0 Å². The summed E-state index contributed by atoms with van der Waals surface area (Å²) in [5.41, 5.74) is 3.56. The van der Waals surface area contributed by atoms with Crippen molar-refractivity contribution in [2.75, 3.05) is 48.8 Å². The van der Waals surface area contributed by atoms with Crippen molar-refractivity contribution in [1.82, 2.24) is 19.9 Å². The Morgan fingerprint density at radius 2 is 1.67 bits per heavy atom. The Bertz CT molecular complexity index is 1440. The van der Waals surface area contributed by atoms with Crippen LogP contribution >= 0.6 is 0 Å². The lowest BCUT2D eigenvalue weighted by atomic mass is 9.95. The van der Waals surface area contributed by atoms with Crippen molar-refractivity contribution in [3.63, 3.8) is 0 Å². The topological polar surface area (TPSA) is 89.2 Å². The van der Waals surface area contributed by atoms with E-state index in [-0.39, 0.29) is 17.6 Å². The third kappa shape index (κ3) is 5.59. The lowest BCUT2D eigenvalue weighted by molar-refractivity contribution is 0.104. The van der Waals surface area contributed by atoms with E-state index in [0.717, 1.165) is 44.7 Å². The average Bonchev–Trinajstić information content (AvgIpc) is 3.39. The summed E-state index contributed by atoms with van der Waals surface area (Å²) in [6.45, 7) is 4.16. The number of ketones is 1. The summed E-state index contributed by atoms with van der Waals surface area (Å²) in [4.78, 5) is 30.9. The number of benzene rings is 2. The van der Waals surface area contributed by atoms with E-state index in [1.54, 1.807) is 6.20 Å². The maximum Gasteiger partial charge on any atom is 0.231 e. The summed E-state index contributed by atoms with van der Waals surface area (Å²) in [6, 6.07) is 14.3. The summed E-state index contributed by atoms with van der Waals surface area (Å²) < 4.78 is 13.5. The average molecular weight is 528 g/mol. The van der Waals surface area contributed by atoms with Crippen LogP contribution < -0.4 is 15.5 Å². The molecule has 0 bridgehead atoms. The van der Waals surface area contributed by atoms with Gasteiger partial charge in [0.1, 0.15) is 17.3 Å². The van der Waals surface area contributed by atoms with Crippen LogP contribution in [0.1, 0.15) is 48.0 Å². The summed E-state index contributed by atoms with van der Waals surface area (Å²) in [5.74, 6) is 0.517. The number of halogens is 1. The number of aromatic amines is 1. The number of hydrogen-bond acceptors (Lipinski definition) is 7. The Morgan fingerprint density at radius 1 is 0.949 bits per heavy atom. The van der Waals surface area contributed by atoms with Gasteiger partial charge in [-0.05, 0) is 68.4 Å². The first-order chi connectivity index (χ1) is 19.0. The number of hydrogen-bond donors (Lipinski definition) is 3. The molecule has 2 aliphatic rings. The zero-order valence-electron chi connectivity index (χ0n) is 22.2. The van der Waals surface area contributed by atoms with Crippen molar-refractivity contribution in [2.24, 2.45) is 0 Å². The van der Waals surface area contributed by atoms with Gasteiger partial charge in [0.25, 0.3) is 0 Å². The lowest BCUT2D eigenvalue weighted by Gasteiger charge is -2.34. The normalized spacial score (nSPS) is 16.9. The molecule has 1 aliphatic heterocycles. The molecular formula is C30H34FN7O. The van der Waals surface area contributed by atoms with Crippen molar-refractivity contribution in [3.8, 4) is 0 Å². The third-order valence-electron chi connectivity index (χ3n) is 7.82. The number of aromatic nitrogens is 3. The molecule has 1 saturated carbocycles. The van der Waals surface area contributed by atoms with Gasteiger partial charge in [-0.1, -0.05) is 19.3 Å². The van der Waals surface area contributed by atoms with Crippen LogP contribution in [0.4, 0.5) is 27.5 Å². The molecule has 0 amide bonds. The maximum absolute atomic E-state index is 13.5. The molecule has 2 fully saturated rings. The van der Waals surface area contributed by atoms with Crippen LogP contribution in [0.2, 0.25) is 0 Å². The van der Waals surface area contributed by atoms with Crippen molar-refractivity contribution in [1.29, 1.82) is 0 Å². The fourth-order valence-corrected chi connectivity index (χ4v) is 5.52. The predicted molar refractivity (Wildman–Crippen MR) is 154 cm³/mol. The van der Waals surface area contributed by atoms with Crippen LogP contribution in [0.25, 0.3) is 11.0 Å². The van der Waals surface area contributed by atoms with E-state index in [4.69, 9.17) is 9.97 Å². The van der Waals surface area contributed by atoms with Gasteiger partial charge in [0.2, 0.25) is 5.95 Å². The predicted octanol–water partition coefficient (Wildman–Crippen LogP) is 5.57. The van der Waals surface area contributed by atoms with E-state index in [9.17, 15) is 9.18 Å². The van der Waals surface area contributed by atoms with Gasteiger partial charge in [-0.2, -0.15) is 9.97 Å².